The molecule has 0 spiro atoms. The van der Waals surface area contributed by atoms with E-state index in [-0.39, 0.29) is 17.7 Å². The normalized spacial score (nSPS) is 17.8. The van der Waals surface area contributed by atoms with E-state index in [1.165, 1.54) is 0 Å². The lowest BCUT2D eigenvalue weighted by Gasteiger charge is -2.33. The summed E-state index contributed by atoms with van der Waals surface area (Å²) in [5.74, 6) is -0.290. The summed E-state index contributed by atoms with van der Waals surface area (Å²) in [5, 5.41) is 4.43. The minimum Gasteiger partial charge on any atom is -0.343 e. The van der Waals surface area contributed by atoms with Gasteiger partial charge in [0.2, 0.25) is 11.8 Å². The summed E-state index contributed by atoms with van der Waals surface area (Å²) >= 11 is 0. The molecule has 2 amide bonds. The number of carbonyl (C=O) groups is 2. The number of rotatable bonds is 3. The maximum atomic E-state index is 12.6. The lowest BCUT2D eigenvalue weighted by molar-refractivity contribution is -0.136. The largest absolute Gasteiger partial charge is 0.343 e. The first-order chi connectivity index (χ1) is 9.47. The summed E-state index contributed by atoms with van der Waals surface area (Å²) in [5.41, 5.74) is 1.79. The third-order valence-electron chi connectivity index (χ3n) is 3.85. The molecule has 110 valence electrons. The highest BCUT2D eigenvalue weighted by atomic mass is 16.2. The number of amides is 2. The molecule has 0 N–H and O–H groups in total. The Bertz CT molecular complexity index is 519. The van der Waals surface area contributed by atoms with Crippen LogP contribution in [0, 0.1) is 0 Å². The van der Waals surface area contributed by atoms with E-state index in [9.17, 15) is 9.59 Å². The molecule has 0 bridgehead atoms. The second kappa shape index (κ2) is 5.64. The zero-order valence-corrected chi connectivity index (χ0v) is 12.6. The lowest BCUT2D eigenvalue weighted by Crippen LogP contribution is -2.44. The Morgan fingerprint density at radius 3 is 2.60 bits per heavy atom. The molecule has 0 aliphatic carbocycles. The van der Waals surface area contributed by atoms with E-state index in [0.29, 0.717) is 26.2 Å². The van der Waals surface area contributed by atoms with Crippen LogP contribution in [0.5, 0.6) is 0 Å². The van der Waals surface area contributed by atoms with Gasteiger partial charge in [-0.05, 0) is 13.8 Å². The Kier molecular flexibility index (Phi) is 4.11. The molecular formula is C14H22N4O2. The van der Waals surface area contributed by atoms with E-state index in [2.05, 4.69) is 5.10 Å². The number of aromatic nitrogens is 2. The Balaban J connectivity index is 2.35. The number of likely N-dealkylation sites (N-methyl/N-ethyl adjacent to an activating group) is 1. The van der Waals surface area contributed by atoms with Gasteiger partial charge in [-0.1, -0.05) is 0 Å². The van der Waals surface area contributed by atoms with Crippen LogP contribution in [0.4, 0.5) is 0 Å². The molecule has 0 saturated heterocycles. The topological polar surface area (TPSA) is 58.4 Å². The van der Waals surface area contributed by atoms with Gasteiger partial charge in [-0.15, -0.1) is 0 Å². The van der Waals surface area contributed by atoms with E-state index in [0.717, 1.165) is 11.3 Å². The smallest absolute Gasteiger partial charge is 0.233 e. The third kappa shape index (κ3) is 2.55. The number of hydrogen-bond acceptors (Lipinski definition) is 3. The fourth-order valence-electron chi connectivity index (χ4n) is 2.74. The Morgan fingerprint density at radius 2 is 2.05 bits per heavy atom. The molecule has 6 nitrogen and oxygen atoms in total. The highest BCUT2D eigenvalue weighted by Gasteiger charge is 2.35. The Morgan fingerprint density at radius 1 is 1.40 bits per heavy atom. The van der Waals surface area contributed by atoms with Crippen molar-refractivity contribution in [1.29, 1.82) is 0 Å². The first-order valence-electron chi connectivity index (χ1n) is 7.04. The maximum absolute atomic E-state index is 12.6. The SMILES string of the molecule is CCN(CC)C(=O)[C@@H]1CN(C(C)=O)Cc2cn(C)nc21. The zero-order chi connectivity index (χ0) is 14.9. The van der Waals surface area contributed by atoms with Gasteiger partial charge in [0, 0.05) is 51.9 Å². The summed E-state index contributed by atoms with van der Waals surface area (Å²) in [7, 11) is 1.84. The summed E-state index contributed by atoms with van der Waals surface area (Å²) in [4.78, 5) is 27.8. The quantitative estimate of drug-likeness (QED) is 0.819. The Labute approximate surface area is 119 Å². The van der Waals surface area contributed by atoms with Crippen molar-refractivity contribution in [3.05, 3.63) is 17.5 Å². The molecule has 1 aromatic rings. The van der Waals surface area contributed by atoms with Crippen LogP contribution in [0.15, 0.2) is 6.20 Å². The highest BCUT2D eigenvalue weighted by Crippen LogP contribution is 2.28. The van der Waals surface area contributed by atoms with Crippen molar-refractivity contribution in [2.75, 3.05) is 19.6 Å². The molecule has 6 heteroatoms. The second-order valence-corrected chi connectivity index (χ2v) is 5.18. The van der Waals surface area contributed by atoms with E-state index < -0.39 is 0 Å². The van der Waals surface area contributed by atoms with Crippen LogP contribution >= 0.6 is 0 Å². The molecule has 0 aromatic carbocycles. The van der Waals surface area contributed by atoms with Crippen molar-refractivity contribution in [2.24, 2.45) is 7.05 Å². The molecule has 1 aliphatic rings. The van der Waals surface area contributed by atoms with Crippen molar-refractivity contribution in [1.82, 2.24) is 19.6 Å². The molecule has 0 saturated carbocycles. The molecule has 0 unspecified atom stereocenters. The summed E-state index contributed by atoms with van der Waals surface area (Å²) < 4.78 is 1.72. The van der Waals surface area contributed by atoms with Crippen molar-refractivity contribution in [3.63, 3.8) is 0 Å². The number of aryl methyl sites for hydroxylation is 1. The van der Waals surface area contributed by atoms with Gasteiger partial charge >= 0.3 is 0 Å². The summed E-state index contributed by atoms with van der Waals surface area (Å²) in [6.07, 6.45) is 1.90. The summed E-state index contributed by atoms with van der Waals surface area (Å²) in [6, 6.07) is 0. The standard InChI is InChI=1S/C14H22N4O2/c1-5-17(6-2)14(20)12-9-18(10(3)19)8-11-7-16(4)15-13(11)12/h7,12H,5-6,8-9H2,1-4H3/t12-/m1/s1. The van der Waals surface area contributed by atoms with E-state index in [1.54, 1.807) is 21.4 Å². The lowest BCUT2D eigenvalue weighted by atomic mass is 9.95. The van der Waals surface area contributed by atoms with Gasteiger partial charge in [-0.25, -0.2) is 0 Å². The van der Waals surface area contributed by atoms with Crippen LogP contribution in [0.3, 0.4) is 0 Å². The molecule has 0 fully saturated rings. The van der Waals surface area contributed by atoms with Gasteiger partial charge < -0.3 is 9.80 Å². The second-order valence-electron chi connectivity index (χ2n) is 5.18. The van der Waals surface area contributed by atoms with Crippen molar-refractivity contribution >= 4 is 11.8 Å². The highest BCUT2D eigenvalue weighted by molar-refractivity contribution is 5.85. The van der Waals surface area contributed by atoms with Crippen molar-refractivity contribution in [3.8, 4) is 0 Å². The van der Waals surface area contributed by atoms with Gasteiger partial charge in [0.05, 0.1) is 5.69 Å². The molecule has 2 heterocycles. The van der Waals surface area contributed by atoms with Gasteiger partial charge in [-0.3, -0.25) is 14.3 Å². The predicted octanol–water partition coefficient (Wildman–Crippen LogP) is 0.734. The van der Waals surface area contributed by atoms with E-state index in [4.69, 9.17) is 0 Å². The molecule has 0 radical (unpaired) electrons. The molecule has 20 heavy (non-hydrogen) atoms. The zero-order valence-electron chi connectivity index (χ0n) is 12.6. The number of carbonyl (C=O) groups excluding carboxylic acids is 2. The van der Waals surface area contributed by atoms with Crippen LogP contribution in [0.1, 0.15) is 37.9 Å². The van der Waals surface area contributed by atoms with Gasteiger partial charge in [-0.2, -0.15) is 5.10 Å². The average molecular weight is 278 g/mol. The average Bonchev–Trinajstić information content (AvgIpc) is 2.78. The third-order valence-corrected chi connectivity index (χ3v) is 3.85. The monoisotopic (exact) mass is 278 g/mol. The van der Waals surface area contributed by atoms with Crippen LogP contribution in [-0.2, 0) is 23.2 Å². The van der Waals surface area contributed by atoms with Crippen molar-refractivity contribution in [2.45, 2.75) is 33.2 Å². The first-order valence-corrected chi connectivity index (χ1v) is 7.04. The van der Waals surface area contributed by atoms with Gasteiger partial charge in [0.15, 0.2) is 0 Å². The maximum Gasteiger partial charge on any atom is 0.233 e. The summed E-state index contributed by atoms with van der Waals surface area (Å²) in [6.45, 7) is 7.79. The van der Waals surface area contributed by atoms with E-state index in [1.807, 2.05) is 27.1 Å². The van der Waals surface area contributed by atoms with Crippen LogP contribution < -0.4 is 0 Å². The van der Waals surface area contributed by atoms with Gasteiger partial charge in [0.25, 0.3) is 0 Å². The minimum atomic E-state index is -0.344. The molecule has 1 aliphatic heterocycles. The van der Waals surface area contributed by atoms with Crippen molar-refractivity contribution < 1.29 is 9.59 Å². The fourth-order valence-corrected chi connectivity index (χ4v) is 2.74. The molecular weight excluding hydrogens is 256 g/mol. The number of fused-ring (bicyclic) bond motifs is 1. The number of nitrogens with zero attached hydrogens (tertiary/aromatic N) is 4. The molecule has 1 atom stereocenters. The molecule has 1 aromatic heterocycles. The van der Waals surface area contributed by atoms with Crippen LogP contribution in [-0.4, -0.2) is 51.0 Å². The van der Waals surface area contributed by atoms with Gasteiger partial charge in [0.1, 0.15) is 5.92 Å². The van der Waals surface area contributed by atoms with Crippen LogP contribution in [0.25, 0.3) is 0 Å². The fraction of sp³-hybridized carbons (Fsp3) is 0.643. The predicted molar refractivity (Wildman–Crippen MR) is 75.0 cm³/mol. The van der Waals surface area contributed by atoms with E-state index >= 15 is 0 Å². The molecule has 2 rings (SSSR count). The first kappa shape index (κ1) is 14.6. The minimum absolute atomic E-state index is 0.00292. The van der Waals surface area contributed by atoms with Crippen LogP contribution in [0.2, 0.25) is 0 Å². The number of hydrogen-bond donors (Lipinski definition) is 0. The Hall–Kier alpha value is -1.85.